The van der Waals surface area contributed by atoms with Crippen LogP contribution in [0.3, 0.4) is 0 Å². The van der Waals surface area contributed by atoms with E-state index in [2.05, 4.69) is 15.6 Å². The van der Waals surface area contributed by atoms with E-state index in [1.807, 2.05) is 45.0 Å². The molecule has 3 atom stereocenters. The number of benzene rings is 2. The number of aryl methyl sites for hydroxylation is 1. The Hall–Kier alpha value is -3.74. The van der Waals surface area contributed by atoms with Gasteiger partial charge in [0.15, 0.2) is 9.84 Å². The molecule has 0 spiro atoms. The summed E-state index contributed by atoms with van der Waals surface area (Å²) in [5.74, 6) is -3.86. The number of hydrogen-bond donors (Lipinski definition) is 3. The van der Waals surface area contributed by atoms with E-state index in [1.54, 1.807) is 0 Å². The average Bonchev–Trinajstić information content (AvgIpc) is 3.03. The van der Waals surface area contributed by atoms with Crippen LogP contribution in [0.5, 0.6) is 0 Å². The topological polar surface area (TPSA) is 140 Å². The van der Waals surface area contributed by atoms with E-state index in [-0.39, 0.29) is 24.1 Å². The van der Waals surface area contributed by atoms with Crippen LogP contribution in [-0.2, 0) is 38.8 Å². The summed E-state index contributed by atoms with van der Waals surface area (Å²) in [6.45, 7) is 6.28. The standard InChI is InChI=1S/C35H46F2N4O5S/c1-4-8-30(9-5-2)47(44,45)23-32(41-34(42)27-12-14-39-15-13-27)35(43)46-33(22-40-21-25-11-7-10-24(6-3)16-25)31(38)19-26-17-28(36)20-29(37)18-26/h7,10-18,20,30-33,40H,4-6,8-9,19,21-23,38H2,1-3H3,(H,41,42)/t31-,32-,33+/m0/s1. The fourth-order valence-electron chi connectivity index (χ4n) is 5.39. The van der Waals surface area contributed by atoms with Crippen molar-refractivity contribution in [2.45, 2.75) is 89.3 Å². The number of amides is 1. The van der Waals surface area contributed by atoms with Gasteiger partial charge >= 0.3 is 5.97 Å². The molecule has 2 aromatic carbocycles. The second-order valence-corrected chi connectivity index (χ2v) is 14.0. The molecule has 0 fully saturated rings. The van der Waals surface area contributed by atoms with Gasteiger partial charge < -0.3 is 21.1 Å². The van der Waals surface area contributed by atoms with Gasteiger partial charge in [0.05, 0.1) is 11.0 Å². The third-order valence-electron chi connectivity index (χ3n) is 7.87. The maximum atomic E-state index is 14.0. The normalized spacial score (nSPS) is 13.6. The van der Waals surface area contributed by atoms with Crippen molar-refractivity contribution in [3.63, 3.8) is 0 Å². The summed E-state index contributed by atoms with van der Waals surface area (Å²) in [6.07, 6.45) is 4.67. The number of carbonyl (C=O) groups excluding carboxylic acids is 2. The van der Waals surface area contributed by atoms with Gasteiger partial charge in [-0.05, 0) is 66.6 Å². The molecule has 0 aliphatic rings. The number of hydrogen-bond acceptors (Lipinski definition) is 8. The molecule has 12 heteroatoms. The molecule has 0 radical (unpaired) electrons. The van der Waals surface area contributed by atoms with Crippen LogP contribution in [0.15, 0.2) is 67.0 Å². The maximum absolute atomic E-state index is 14.0. The minimum Gasteiger partial charge on any atom is -0.458 e. The van der Waals surface area contributed by atoms with Crippen LogP contribution in [0.2, 0.25) is 0 Å². The Labute approximate surface area is 276 Å². The number of halogens is 2. The van der Waals surface area contributed by atoms with Gasteiger partial charge in [0, 0.05) is 43.2 Å². The smallest absolute Gasteiger partial charge is 0.330 e. The van der Waals surface area contributed by atoms with E-state index in [0.29, 0.717) is 32.2 Å². The summed E-state index contributed by atoms with van der Waals surface area (Å²) in [5.41, 5.74) is 9.08. The molecule has 0 unspecified atom stereocenters. The molecule has 0 bridgehead atoms. The van der Waals surface area contributed by atoms with Crippen LogP contribution >= 0.6 is 0 Å². The number of esters is 1. The van der Waals surface area contributed by atoms with Crippen LogP contribution in [0, 0.1) is 11.6 Å². The van der Waals surface area contributed by atoms with Crippen molar-refractivity contribution in [2.75, 3.05) is 12.3 Å². The van der Waals surface area contributed by atoms with Crippen molar-refractivity contribution in [1.29, 1.82) is 0 Å². The molecule has 3 aromatic rings. The summed E-state index contributed by atoms with van der Waals surface area (Å²) < 4.78 is 60.9. The van der Waals surface area contributed by atoms with E-state index in [0.717, 1.165) is 35.7 Å². The third-order valence-corrected chi connectivity index (χ3v) is 10.2. The van der Waals surface area contributed by atoms with Crippen molar-refractivity contribution in [3.05, 3.63) is 101 Å². The lowest BCUT2D eigenvalue weighted by Crippen LogP contribution is -2.52. The SMILES string of the molecule is CCCC(CCC)S(=O)(=O)C[C@H](NC(=O)c1ccncc1)C(=O)O[C@H](CNCc1cccc(CC)c1)[C@@H](N)Cc1cc(F)cc(F)c1. The van der Waals surface area contributed by atoms with Gasteiger partial charge in [0.1, 0.15) is 23.8 Å². The molecule has 4 N–H and O–H groups in total. The molecule has 1 heterocycles. The third kappa shape index (κ3) is 12.1. The van der Waals surface area contributed by atoms with Gasteiger partial charge in [-0.25, -0.2) is 22.0 Å². The molecule has 3 rings (SSSR count). The number of nitrogens with one attached hydrogen (secondary N) is 2. The van der Waals surface area contributed by atoms with Crippen LogP contribution < -0.4 is 16.4 Å². The number of pyridine rings is 1. The second-order valence-electron chi connectivity index (χ2n) is 11.7. The first kappa shape index (κ1) is 37.7. The van der Waals surface area contributed by atoms with Crippen molar-refractivity contribution in [3.8, 4) is 0 Å². The zero-order valence-electron chi connectivity index (χ0n) is 27.3. The minimum absolute atomic E-state index is 0.0406. The predicted molar refractivity (Wildman–Crippen MR) is 178 cm³/mol. The second kappa shape index (κ2) is 18.6. The van der Waals surface area contributed by atoms with Gasteiger partial charge in [-0.3, -0.25) is 9.78 Å². The van der Waals surface area contributed by atoms with Gasteiger partial charge in [0.2, 0.25) is 0 Å². The van der Waals surface area contributed by atoms with E-state index < -0.39 is 62.5 Å². The Kier molecular flexibility index (Phi) is 14.9. The van der Waals surface area contributed by atoms with E-state index in [1.165, 1.54) is 24.5 Å². The maximum Gasteiger partial charge on any atom is 0.330 e. The fourth-order valence-corrected chi connectivity index (χ4v) is 7.54. The van der Waals surface area contributed by atoms with E-state index >= 15 is 0 Å². The number of nitrogens with two attached hydrogens (primary N) is 1. The molecule has 0 aliphatic carbocycles. The largest absolute Gasteiger partial charge is 0.458 e. The van der Waals surface area contributed by atoms with Crippen LogP contribution in [-0.4, -0.2) is 61.0 Å². The fraction of sp³-hybridized carbons (Fsp3) is 0.457. The molecule has 0 saturated carbocycles. The monoisotopic (exact) mass is 672 g/mol. The van der Waals surface area contributed by atoms with Crippen LogP contribution in [0.25, 0.3) is 0 Å². The Morgan fingerprint density at radius 3 is 2.17 bits per heavy atom. The molecular formula is C35H46F2N4O5S. The molecule has 0 aliphatic heterocycles. The number of nitrogens with zero attached hydrogens (tertiary/aromatic N) is 1. The lowest BCUT2D eigenvalue weighted by molar-refractivity contribution is -0.151. The summed E-state index contributed by atoms with van der Waals surface area (Å²) in [6, 6.07) is 11.4. The molecular weight excluding hydrogens is 626 g/mol. The first-order valence-corrected chi connectivity index (χ1v) is 17.8. The van der Waals surface area contributed by atoms with Crippen molar-refractivity contribution >= 4 is 21.7 Å². The highest BCUT2D eigenvalue weighted by molar-refractivity contribution is 7.92. The Bertz CT molecular complexity index is 1530. The van der Waals surface area contributed by atoms with Crippen molar-refractivity contribution in [1.82, 2.24) is 15.6 Å². The summed E-state index contributed by atoms with van der Waals surface area (Å²) in [4.78, 5) is 30.8. The van der Waals surface area contributed by atoms with E-state index in [4.69, 9.17) is 10.5 Å². The predicted octanol–water partition coefficient (Wildman–Crippen LogP) is 4.68. The Balaban J connectivity index is 1.88. The lowest BCUT2D eigenvalue weighted by atomic mass is 10.0. The minimum atomic E-state index is -3.85. The first-order valence-electron chi connectivity index (χ1n) is 16.1. The number of sulfone groups is 1. The Morgan fingerprint density at radius 2 is 1.55 bits per heavy atom. The van der Waals surface area contributed by atoms with Crippen LogP contribution in [0.4, 0.5) is 8.78 Å². The molecule has 1 aromatic heterocycles. The number of ether oxygens (including phenoxy) is 1. The van der Waals surface area contributed by atoms with E-state index in [9.17, 15) is 26.8 Å². The summed E-state index contributed by atoms with van der Waals surface area (Å²) in [7, 11) is -3.85. The van der Waals surface area contributed by atoms with Gasteiger partial charge in [0.25, 0.3) is 5.91 Å². The number of aromatic nitrogens is 1. The molecule has 47 heavy (non-hydrogen) atoms. The zero-order valence-corrected chi connectivity index (χ0v) is 28.1. The zero-order chi connectivity index (χ0) is 34.4. The average molecular weight is 673 g/mol. The molecule has 256 valence electrons. The van der Waals surface area contributed by atoms with Gasteiger partial charge in [-0.1, -0.05) is 57.9 Å². The number of carbonyl (C=O) groups is 2. The summed E-state index contributed by atoms with van der Waals surface area (Å²) >= 11 is 0. The van der Waals surface area contributed by atoms with Gasteiger partial charge in [-0.15, -0.1) is 0 Å². The quantitative estimate of drug-likeness (QED) is 0.156. The summed E-state index contributed by atoms with van der Waals surface area (Å²) in [5, 5.41) is 5.10. The van der Waals surface area contributed by atoms with Crippen molar-refractivity contribution in [2.24, 2.45) is 5.73 Å². The number of rotatable bonds is 19. The molecule has 1 amide bonds. The van der Waals surface area contributed by atoms with Crippen molar-refractivity contribution < 1.29 is 31.5 Å². The highest BCUT2D eigenvalue weighted by Gasteiger charge is 2.35. The highest BCUT2D eigenvalue weighted by atomic mass is 32.2. The van der Waals surface area contributed by atoms with Crippen LogP contribution in [0.1, 0.15) is 73.5 Å². The highest BCUT2D eigenvalue weighted by Crippen LogP contribution is 2.19. The molecule has 0 saturated heterocycles. The van der Waals surface area contributed by atoms with Gasteiger partial charge in [-0.2, -0.15) is 0 Å². The molecule has 9 nitrogen and oxygen atoms in total. The lowest BCUT2D eigenvalue weighted by Gasteiger charge is -2.28. The Morgan fingerprint density at radius 1 is 0.915 bits per heavy atom. The first-order chi connectivity index (χ1) is 22.4.